The van der Waals surface area contributed by atoms with Crippen LogP contribution in [0.4, 0.5) is 0 Å². The zero-order chi connectivity index (χ0) is 14.7. The predicted molar refractivity (Wildman–Crippen MR) is 88.8 cm³/mol. The van der Waals surface area contributed by atoms with Gasteiger partial charge in [0.25, 0.3) is 0 Å². The Morgan fingerprint density at radius 2 is 1.81 bits per heavy atom. The van der Waals surface area contributed by atoms with Crippen molar-refractivity contribution < 1.29 is 4.79 Å². The van der Waals surface area contributed by atoms with E-state index in [0.717, 1.165) is 57.3 Å². The number of amides is 1. The van der Waals surface area contributed by atoms with Gasteiger partial charge in [0.15, 0.2) is 0 Å². The van der Waals surface area contributed by atoms with Crippen molar-refractivity contribution in [1.82, 2.24) is 9.80 Å². The number of alkyl halides is 1. The second kappa shape index (κ2) is 6.93. The van der Waals surface area contributed by atoms with Gasteiger partial charge in [-0.25, -0.2) is 0 Å². The van der Waals surface area contributed by atoms with Gasteiger partial charge in [0.2, 0.25) is 5.91 Å². The molecule has 3 rings (SSSR count). The van der Waals surface area contributed by atoms with Crippen LogP contribution < -0.4 is 0 Å². The smallest absolute Gasteiger partial charge is 0.226 e. The van der Waals surface area contributed by atoms with Crippen molar-refractivity contribution in [3.05, 3.63) is 35.4 Å². The van der Waals surface area contributed by atoms with Gasteiger partial charge in [0.1, 0.15) is 0 Å². The van der Waals surface area contributed by atoms with Crippen LogP contribution in [0.1, 0.15) is 17.5 Å². The van der Waals surface area contributed by atoms with Crippen LogP contribution in [0.25, 0.3) is 0 Å². The topological polar surface area (TPSA) is 23.6 Å². The van der Waals surface area contributed by atoms with Crippen molar-refractivity contribution in [2.45, 2.75) is 19.3 Å². The fraction of sp³-hybridized carbons (Fsp3) is 0.588. The van der Waals surface area contributed by atoms with Crippen LogP contribution in [0.3, 0.4) is 0 Å². The first-order valence-electron chi connectivity index (χ1n) is 7.92. The second-order valence-corrected chi connectivity index (χ2v) is 6.88. The molecule has 0 unspecified atom stereocenters. The predicted octanol–water partition coefficient (Wildman–Crippen LogP) is 2.33. The molecule has 0 saturated carbocycles. The van der Waals surface area contributed by atoms with E-state index in [1.165, 1.54) is 11.1 Å². The van der Waals surface area contributed by atoms with E-state index < -0.39 is 0 Å². The van der Waals surface area contributed by atoms with E-state index >= 15 is 0 Å². The molecule has 1 aliphatic heterocycles. The SMILES string of the molecule is O=C(C1Cc2ccccc2C1)N1CCCN(CCBr)CC1. The largest absolute Gasteiger partial charge is 0.341 e. The van der Waals surface area contributed by atoms with Gasteiger partial charge in [-0.2, -0.15) is 0 Å². The van der Waals surface area contributed by atoms with Gasteiger partial charge in [0, 0.05) is 37.4 Å². The Balaban J connectivity index is 1.59. The highest BCUT2D eigenvalue weighted by molar-refractivity contribution is 9.09. The average molecular weight is 351 g/mol. The average Bonchev–Trinajstić information content (AvgIpc) is 2.80. The van der Waals surface area contributed by atoms with Crippen LogP contribution in [-0.2, 0) is 17.6 Å². The summed E-state index contributed by atoms with van der Waals surface area (Å²) in [7, 11) is 0. The summed E-state index contributed by atoms with van der Waals surface area (Å²) in [6, 6.07) is 8.50. The summed E-state index contributed by atoms with van der Waals surface area (Å²) in [5.74, 6) is 0.539. The minimum atomic E-state index is 0.171. The molecule has 1 amide bonds. The Labute approximate surface area is 135 Å². The molecule has 0 bridgehead atoms. The highest BCUT2D eigenvalue weighted by Crippen LogP contribution is 2.28. The lowest BCUT2D eigenvalue weighted by molar-refractivity contribution is -0.135. The first-order valence-corrected chi connectivity index (χ1v) is 9.04. The zero-order valence-electron chi connectivity index (χ0n) is 12.4. The van der Waals surface area contributed by atoms with Gasteiger partial charge in [-0.15, -0.1) is 0 Å². The molecule has 0 atom stereocenters. The Hall–Kier alpha value is -0.870. The number of hydrogen-bond acceptors (Lipinski definition) is 2. The Bertz CT molecular complexity index is 480. The van der Waals surface area contributed by atoms with Crippen molar-refractivity contribution in [3.63, 3.8) is 0 Å². The first-order chi connectivity index (χ1) is 10.3. The highest BCUT2D eigenvalue weighted by atomic mass is 79.9. The maximum Gasteiger partial charge on any atom is 0.226 e. The molecule has 3 nitrogen and oxygen atoms in total. The molecule has 1 aliphatic carbocycles. The summed E-state index contributed by atoms with van der Waals surface area (Å²) in [5, 5.41) is 1.01. The summed E-state index contributed by atoms with van der Waals surface area (Å²) in [6.07, 6.45) is 2.95. The Kier molecular flexibility index (Phi) is 4.96. The van der Waals surface area contributed by atoms with Crippen molar-refractivity contribution in [3.8, 4) is 0 Å². The molecule has 21 heavy (non-hydrogen) atoms. The Morgan fingerprint density at radius 3 is 2.48 bits per heavy atom. The summed E-state index contributed by atoms with van der Waals surface area (Å²) < 4.78 is 0. The normalized spacial score (nSPS) is 20.3. The van der Waals surface area contributed by atoms with Gasteiger partial charge in [-0.05, 0) is 36.9 Å². The number of fused-ring (bicyclic) bond motifs is 1. The third kappa shape index (κ3) is 3.49. The van der Waals surface area contributed by atoms with Gasteiger partial charge in [-0.1, -0.05) is 40.2 Å². The maximum absolute atomic E-state index is 12.8. The lowest BCUT2D eigenvalue weighted by Gasteiger charge is -2.24. The molecular formula is C17H23BrN2O. The molecule has 2 aliphatic rings. The fourth-order valence-electron chi connectivity index (χ4n) is 3.53. The summed E-state index contributed by atoms with van der Waals surface area (Å²) >= 11 is 3.50. The van der Waals surface area contributed by atoms with Crippen molar-refractivity contribution in [1.29, 1.82) is 0 Å². The number of carbonyl (C=O) groups excluding carboxylic acids is 1. The monoisotopic (exact) mass is 350 g/mol. The van der Waals surface area contributed by atoms with Crippen LogP contribution in [0.15, 0.2) is 24.3 Å². The zero-order valence-corrected chi connectivity index (χ0v) is 14.0. The number of carbonyl (C=O) groups is 1. The third-order valence-electron chi connectivity index (χ3n) is 4.70. The van der Waals surface area contributed by atoms with Crippen LogP contribution >= 0.6 is 15.9 Å². The molecule has 1 aromatic rings. The molecule has 0 N–H and O–H groups in total. The quantitative estimate of drug-likeness (QED) is 0.781. The van der Waals surface area contributed by atoms with Crippen molar-refractivity contribution in [2.24, 2.45) is 5.92 Å². The van der Waals surface area contributed by atoms with E-state index in [4.69, 9.17) is 0 Å². The van der Waals surface area contributed by atoms with E-state index in [-0.39, 0.29) is 5.92 Å². The highest BCUT2D eigenvalue weighted by Gasteiger charge is 2.31. The molecule has 1 saturated heterocycles. The number of nitrogens with zero attached hydrogens (tertiary/aromatic N) is 2. The number of rotatable bonds is 3. The summed E-state index contributed by atoms with van der Waals surface area (Å²) in [6.45, 7) is 5.01. The Morgan fingerprint density at radius 1 is 1.10 bits per heavy atom. The lowest BCUT2D eigenvalue weighted by Crippen LogP contribution is -2.39. The maximum atomic E-state index is 12.8. The summed E-state index contributed by atoms with van der Waals surface area (Å²) in [5.41, 5.74) is 2.73. The van der Waals surface area contributed by atoms with Crippen LogP contribution in [0, 0.1) is 5.92 Å². The van der Waals surface area contributed by atoms with E-state index in [2.05, 4.69) is 50.0 Å². The number of halogens is 1. The van der Waals surface area contributed by atoms with Gasteiger partial charge in [0.05, 0.1) is 0 Å². The molecule has 1 aromatic carbocycles. The molecule has 1 heterocycles. The minimum absolute atomic E-state index is 0.171. The van der Waals surface area contributed by atoms with Crippen LogP contribution in [0.2, 0.25) is 0 Å². The molecule has 0 spiro atoms. The molecule has 4 heteroatoms. The molecular weight excluding hydrogens is 328 g/mol. The number of hydrogen-bond donors (Lipinski definition) is 0. The van der Waals surface area contributed by atoms with Gasteiger partial charge in [-0.3, -0.25) is 4.79 Å². The summed E-state index contributed by atoms with van der Waals surface area (Å²) in [4.78, 5) is 17.3. The van der Waals surface area contributed by atoms with E-state index in [1.54, 1.807) is 0 Å². The van der Waals surface area contributed by atoms with E-state index in [9.17, 15) is 4.79 Å². The fourth-order valence-corrected chi connectivity index (χ4v) is 4.03. The minimum Gasteiger partial charge on any atom is -0.341 e. The second-order valence-electron chi connectivity index (χ2n) is 6.08. The van der Waals surface area contributed by atoms with Crippen molar-refractivity contribution >= 4 is 21.8 Å². The lowest BCUT2D eigenvalue weighted by atomic mass is 10.0. The third-order valence-corrected chi connectivity index (χ3v) is 5.06. The number of benzene rings is 1. The molecule has 0 radical (unpaired) electrons. The van der Waals surface area contributed by atoms with Gasteiger partial charge < -0.3 is 9.80 Å². The van der Waals surface area contributed by atoms with Gasteiger partial charge >= 0.3 is 0 Å². The first kappa shape index (κ1) is 15.0. The van der Waals surface area contributed by atoms with Crippen LogP contribution in [0.5, 0.6) is 0 Å². The molecule has 1 fully saturated rings. The van der Waals surface area contributed by atoms with E-state index in [0.29, 0.717) is 5.91 Å². The standard InChI is InChI=1S/C17H23BrN2O/c18-6-9-19-7-3-8-20(11-10-19)17(21)16-12-14-4-1-2-5-15(14)13-16/h1-2,4-5,16H,3,6-13H2. The van der Waals surface area contributed by atoms with E-state index in [1.807, 2.05) is 0 Å². The van der Waals surface area contributed by atoms with Crippen molar-refractivity contribution in [2.75, 3.05) is 38.1 Å². The molecule has 114 valence electrons. The molecule has 0 aromatic heterocycles. The van der Waals surface area contributed by atoms with Crippen LogP contribution in [-0.4, -0.2) is 53.8 Å².